The fraction of sp³-hybridized carbons (Fsp3) is 0.294. The maximum atomic E-state index is 4.18. The van der Waals surface area contributed by atoms with Gasteiger partial charge in [-0.25, -0.2) is 9.97 Å². The minimum absolute atomic E-state index is 0.909. The monoisotopic (exact) mass is 282 g/mol. The zero-order chi connectivity index (χ0) is 15.1. The van der Waals surface area contributed by atoms with Crippen molar-refractivity contribution in [2.24, 2.45) is 0 Å². The van der Waals surface area contributed by atoms with Crippen LogP contribution < -0.4 is 0 Å². The maximum Gasteiger partial charge on any atom is 0.106 e. The van der Waals surface area contributed by atoms with Gasteiger partial charge in [0.1, 0.15) is 11.6 Å². The van der Waals surface area contributed by atoms with Crippen molar-refractivity contribution >= 4 is 0 Å². The number of rotatable bonds is 3. The Morgan fingerprint density at radius 2 is 1.90 bits per heavy atom. The second-order valence-electron chi connectivity index (χ2n) is 4.93. The Labute approximate surface area is 125 Å². The number of hydrogen-bond donors (Lipinski definition) is 1. The number of benzene rings is 1. The van der Waals surface area contributed by atoms with Gasteiger partial charge in [-0.3, -0.25) is 0 Å². The maximum absolute atomic E-state index is 4.18. The van der Waals surface area contributed by atoms with E-state index in [1.807, 2.05) is 38.5 Å². The van der Waals surface area contributed by atoms with Crippen LogP contribution >= 0.6 is 0 Å². The summed E-state index contributed by atoms with van der Waals surface area (Å²) in [4.78, 5) is 11.4. The molecule has 0 bridgehead atoms. The summed E-state index contributed by atoms with van der Waals surface area (Å²) in [7, 11) is 0. The van der Waals surface area contributed by atoms with E-state index in [0.29, 0.717) is 0 Å². The highest BCUT2D eigenvalue weighted by atomic mass is 15.0. The number of imidazole rings is 2. The van der Waals surface area contributed by atoms with Gasteiger partial charge >= 0.3 is 0 Å². The van der Waals surface area contributed by atoms with Crippen LogP contribution in [0.25, 0.3) is 0 Å². The number of hydrogen-bond acceptors (Lipinski definition) is 2. The fourth-order valence-corrected chi connectivity index (χ4v) is 2.00. The Balaban J connectivity index is 0.000000173. The van der Waals surface area contributed by atoms with E-state index >= 15 is 0 Å². The van der Waals surface area contributed by atoms with Crippen molar-refractivity contribution in [3.8, 4) is 0 Å². The third-order valence-electron chi connectivity index (χ3n) is 3.21. The van der Waals surface area contributed by atoms with E-state index in [9.17, 15) is 0 Å². The number of aromatic nitrogens is 4. The summed E-state index contributed by atoms with van der Waals surface area (Å²) in [6.45, 7) is 6.99. The molecule has 0 radical (unpaired) electrons. The second kappa shape index (κ2) is 7.43. The van der Waals surface area contributed by atoms with Crippen LogP contribution in [0.2, 0.25) is 0 Å². The van der Waals surface area contributed by atoms with Crippen molar-refractivity contribution in [2.45, 2.75) is 33.7 Å². The normalized spacial score (nSPS) is 10.0. The molecule has 0 aliphatic carbocycles. The van der Waals surface area contributed by atoms with Crippen LogP contribution in [-0.4, -0.2) is 19.5 Å². The summed E-state index contributed by atoms with van der Waals surface area (Å²) in [5, 5.41) is 0. The molecule has 4 heteroatoms. The van der Waals surface area contributed by atoms with E-state index in [4.69, 9.17) is 0 Å². The summed E-state index contributed by atoms with van der Waals surface area (Å²) >= 11 is 0. The molecule has 3 aromatic rings. The minimum Gasteiger partial charge on any atom is -0.348 e. The molecule has 0 saturated carbocycles. The first kappa shape index (κ1) is 15.0. The Bertz CT molecular complexity index is 652. The zero-order valence-corrected chi connectivity index (χ0v) is 12.9. The molecule has 110 valence electrons. The van der Waals surface area contributed by atoms with Crippen molar-refractivity contribution in [2.75, 3.05) is 0 Å². The van der Waals surface area contributed by atoms with Gasteiger partial charge in [-0.1, -0.05) is 37.3 Å². The van der Waals surface area contributed by atoms with Gasteiger partial charge in [0, 0.05) is 31.6 Å². The van der Waals surface area contributed by atoms with Crippen LogP contribution in [0.15, 0.2) is 48.9 Å². The van der Waals surface area contributed by atoms with E-state index in [1.165, 1.54) is 5.56 Å². The SMILES string of the molecule is CCc1nc(C)c[nH]1.Cc1nccn1Cc1ccccc1. The molecular weight excluding hydrogens is 260 g/mol. The molecule has 0 atom stereocenters. The molecule has 0 amide bonds. The molecule has 0 fully saturated rings. The van der Waals surface area contributed by atoms with Crippen LogP contribution in [0.4, 0.5) is 0 Å². The zero-order valence-electron chi connectivity index (χ0n) is 12.9. The number of H-pyrrole nitrogens is 1. The lowest BCUT2D eigenvalue weighted by Gasteiger charge is -2.03. The third kappa shape index (κ3) is 4.60. The molecule has 2 heterocycles. The van der Waals surface area contributed by atoms with Gasteiger partial charge in [0.05, 0.1) is 5.69 Å². The first-order valence-corrected chi connectivity index (χ1v) is 7.21. The smallest absolute Gasteiger partial charge is 0.106 e. The van der Waals surface area contributed by atoms with Crippen molar-refractivity contribution in [1.29, 1.82) is 0 Å². The molecule has 0 saturated heterocycles. The van der Waals surface area contributed by atoms with Crippen LogP contribution in [0.1, 0.15) is 29.8 Å². The van der Waals surface area contributed by atoms with Gasteiger partial charge in [0.2, 0.25) is 0 Å². The predicted octanol–water partition coefficient (Wildman–Crippen LogP) is 3.52. The molecule has 3 rings (SSSR count). The summed E-state index contributed by atoms with van der Waals surface area (Å²) in [5.74, 6) is 2.13. The summed E-state index contributed by atoms with van der Waals surface area (Å²) in [6.07, 6.45) is 6.74. The summed E-state index contributed by atoms with van der Waals surface area (Å²) < 4.78 is 2.13. The van der Waals surface area contributed by atoms with Crippen molar-refractivity contribution < 1.29 is 0 Å². The van der Waals surface area contributed by atoms with E-state index in [0.717, 1.165) is 30.3 Å². The van der Waals surface area contributed by atoms with Crippen LogP contribution in [-0.2, 0) is 13.0 Å². The van der Waals surface area contributed by atoms with E-state index in [2.05, 4.69) is 50.7 Å². The number of nitrogens with one attached hydrogen (secondary N) is 1. The van der Waals surface area contributed by atoms with Crippen molar-refractivity contribution in [3.05, 3.63) is 71.8 Å². The van der Waals surface area contributed by atoms with E-state index < -0.39 is 0 Å². The molecule has 0 unspecified atom stereocenters. The molecule has 0 aliphatic rings. The lowest BCUT2D eigenvalue weighted by molar-refractivity contribution is 0.762. The van der Waals surface area contributed by atoms with Gasteiger partial charge in [-0.2, -0.15) is 0 Å². The molecule has 0 spiro atoms. The highest BCUT2D eigenvalue weighted by Crippen LogP contribution is 2.03. The van der Waals surface area contributed by atoms with Crippen LogP contribution in [0.5, 0.6) is 0 Å². The molecular formula is C17H22N4. The summed E-state index contributed by atoms with van der Waals surface area (Å²) in [5.41, 5.74) is 2.38. The van der Waals surface area contributed by atoms with Gasteiger partial charge < -0.3 is 9.55 Å². The van der Waals surface area contributed by atoms with Gasteiger partial charge in [-0.05, 0) is 19.4 Å². The van der Waals surface area contributed by atoms with E-state index in [1.54, 1.807) is 0 Å². The molecule has 1 aromatic carbocycles. The Hall–Kier alpha value is -2.36. The van der Waals surface area contributed by atoms with Crippen LogP contribution in [0.3, 0.4) is 0 Å². The first-order valence-electron chi connectivity index (χ1n) is 7.21. The van der Waals surface area contributed by atoms with Gasteiger partial charge in [-0.15, -0.1) is 0 Å². The second-order valence-corrected chi connectivity index (χ2v) is 4.93. The largest absolute Gasteiger partial charge is 0.348 e. The molecule has 0 aliphatic heterocycles. The first-order chi connectivity index (χ1) is 10.2. The lowest BCUT2D eigenvalue weighted by Crippen LogP contribution is -1.99. The average molecular weight is 282 g/mol. The quantitative estimate of drug-likeness (QED) is 0.799. The minimum atomic E-state index is 0.909. The van der Waals surface area contributed by atoms with Gasteiger partial charge in [0.25, 0.3) is 0 Å². The highest BCUT2D eigenvalue weighted by molar-refractivity contribution is 5.15. The standard InChI is InChI=1S/C11H12N2.C6H10N2/c1-10-12-7-8-13(10)9-11-5-3-2-4-6-11;1-3-6-7-4-5(2)8-6/h2-8H,9H2,1H3;4H,3H2,1-2H3,(H,7,8). The summed E-state index contributed by atoms with van der Waals surface area (Å²) in [6, 6.07) is 10.4. The molecule has 4 nitrogen and oxygen atoms in total. The van der Waals surface area contributed by atoms with Crippen LogP contribution in [0, 0.1) is 13.8 Å². The number of nitrogens with zero attached hydrogens (tertiary/aromatic N) is 3. The van der Waals surface area contributed by atoms with Crippen molar-refractivity contribution in [1.82, 2.24) is 19.5 Å². The molecule has 21 heavy (non-hydrogen) atoms. The van der Waals surface area contributed by atoms with Gasteiger partial charge in [0.15, 0.2) is 0 Å². The number of aryl methyl sites for hydroxylation is 3. The molecule has 1 N–H and O–H groups in total. The fourth-order valence-electron chi connectivity index (χ4n) is 2.00. The average Bonchev–Trinajstić information content (AvgIpc) is 3.10. The van der Waals surface area contributed by atoms with E-state index in [-0.39, 0.29) is 0 Å². The Morgan fingerprint density at radius 1 is 1.14 bits per heavy atom. The highest BCUT2D eigenvalue weighted by Gasteiger charge is 1.96. The third-order valence-corrected chi connectivity index (χ3v) is 3.21. The predicted molar refractivity (Wildman–Crippen MR) is 85.2 cm³/mol. The lowest BCUT2D eigenvalue weighted by atomic mass is 10.2. The van der Waals surface area contributed by atoms with Crippen molar-refractivity contribution in [3.63, 3.8) is 0 Å². The Kier molecular flexibility index (Phi) is 5.32. The number of aromatic amines is 1. The topological polar surface area (TPSA) is 46.5 Å². The Morgan fingerprint density at radius 3 is 2.38 bits per heavy atom. The molecule has 2 aromatic heterocycles.